The summed E-state index contributed by atoms with van der Waals surface area (Å²) < 4.78 is 0. The van der Waals surface area contributed by atoms with E-state index in [1.165, 1.54) is 0 Å². The highest BCUT2D eigenvalue weighted by Crippen LogP contribution is 2.44. The average molecular weight is 215 g/mol. The number of aliphatic carboxylic acids is 1. The van der Waals surface area contributed by atoms with Crippen LogP contribution >= 0.6 is 0 Å². The molecule has 0 unspecified atom stereocenters. The maximum absolute atomic E-state index is 11.4. The molecule has 0 saturated heterocycles. The van der Waals surface area contributed by atoms with Crippen LogP contribution in [0.4, 0.5) is 0 Å². The third-order valence-electron chi connectivity index (χ3n) is 3.72. The zero-order chi connectivity index (χ0) is 11.2. The van der Waals surface area contributed by atoms with Crippen molar-refractivity contribution < 1.29 is 9.90 Å². The lowest BCUT2D eigenvalue weighted by Gasteiger charge is -2.38. The van der Waals surface area contributed by atoms with Crippen molar-refractivity contribution in [2.45, 2.75) is 24.7 Å². The van der Waals surface area contributed by atoms with E-state index in [0.29, 0.717) is 0 Å². The molecule has 82 valence electrons. The molecule has 1 aromatic carbocycles. The first-order chi connectivity index (χ1) is 7.72. The number of H-pyrrole nitrogens is 1. The standard InChI is InChI=1S/C13H13NO2/c15-12(16)13(5-1-6-13)10-2-3-11-9(8-10)4-7-14-11/h2-4,7-8,14H,1,5-6H2,(H,15,16). The number of benzene rings is 1. The first-order valence-corrected chi connectivity index (χ1v) is 5.53. The predicted octanol–water partition coefficient (Wildman–Crippen LogP) is 2.67. The van der Waals surface area contributed by atoms with Gasteiger partial charge in [-0.25, -0.2) is 0 Å². The minimum atomic E-state index is -0.686. The summed E-state index contributed by atoms with van der Waals surface area (Å²) in [4.78, 5) is 14.5. The Hall–Kier alpha value is -1.77. The number of fused-ring (bicyclic) bond motifs is 1. The largest absolute Gasteiger partial charge is 0.481 e. The Morgan fingerprint density at radius 2 is 2.12 bits per heavy atom. The topological polar surface area (TPSA) is 53.1 Å². The molecular weight excluding hydrogens is 202 g/mol. The number of nitrogens with one attached hydrogen (secondary N) is 1. The molecule has 3 rings (SSSR count). The molecule has 0 spiro atoms. The number of carboxylic acids is 1. The number of carboxylic acid groups (broad SMARTS) is 1. The fraction of sp³-hybridized carbons (Fsp3) is 0.308. The number of aromatic amines is 1. The van der Waals surface area contributed by atoms with Gasteiger partial charge in [0.05, 0.1) is 5.41 Å². The Morgan fingerprint density at radius 1 is 1.31 bits per heavy atom. The van der Waals surface area contributed by atoms with E-state index in [1.54, 1.807) is 0 Å². The van der Waals surface area contributed by atoms with E-state index in [-0.39, 0.29) is 0 Å². The molecule has 0 amide bonds. The SMILES string of the molecule is O=C(O)C1(c2ccc3[nH]ccc3c2)CCC1. The Balaban J connectivity index is 2.14. The lowest BCUT2D eigenvalue weighted by Crippen LogP contribution is -2.42. The molecule has 1 heterocycles. The van der Waals surface area contributed by atoms with E-state index in [1.807, 2.05) is 30.5 Å². The van der Waals surface area contributed by atoms with Gasteiger partial charge in [-0.2, -0.15) is 0 Å². The highest BCUT2D eigenvalue weighted by atomic mass is 16.4. The van der Waals surface area contributed by atoms with Gasteiger partial charge in [0.1, 0.15) is 0 Å². The van der Waals surface area contributed by atoms with Gasteiger partial charge in [0, 0.05) is 11.7 Å². The van der Waals surface area contributed by atoms with Gasteiger partial charge in [-0.3, -0.25) is 4.79 Å². The van der Waals surface area contributed by atoms with E-state index < -0.39 is 11.4 Å². The van der Waals surface area contributed by atoms with Crippen LogP contribution in [0.25, 0.3) is 10.9 Å². The van der Waals surface area contributed by atoms with Gasteiger partial charge in [-0.05, 0) is 42.0 Å². The fourth-order valence-corrected chi connectivity index (χ4v) is 2.51. The molecule has 0 bridgehead atoms. The summed E-state index contributed by atoms with van der Waals surface area (Å²) in [5.74, 6) is -0.686. The molecule has 16 heavy (non-hydrogen) atoms. The first kappa shape index (κ1) is 9.46. The van der Waals surface area contributed by atoms with Crippen molar-refractivity contribution in [1.29, 1.82) is 0 Å². The van der Waals surface area contributed by atoms with E-state index in [2.05, 4.69) is 4.98 Å². The molecule has 1 aromatic heterocycles. The van der Waals surface area contributed by atoms with Crippen LogP contribution in [-0.2, 0) is 10.2 Å². The summed E-state index contributed by atoms with van der Waals surface area (Å²) >= 11 is 0. The molecule has 1 saturated carbocycles. The van der Waals surface area contributed by atoms with Crippen LogP contribution in [0.15, 0.2) is 30.5 Å². The van der Waals surface area contributed by atoms with Crippen LogP contribution in [-0.4, -0.2) is 16.1 Å². The van der Waals surface area contributed by atoms with Crippen LogP contribution in [0.1, 0.15) is 24.8 Å². The second-order valence-corrected chi connectivity index (χ2v) is 4.52. The maximum Gasteiger partial charge on any atom is 0.314 e. The molecular formula is C13H13NO2. The summed E-state index contributed by atoms with van der Waals surface area (Å²) in [6, 6.07) is 7.88. The lowest BCUT2D eigenvalue weighted by atomic mass is 9.64. The molecule has 3 nitrogen and oxygen atoms in total. The molecule has 0 radical (unpaired) electrons. The molecule has 0 aliphatic heterocycles. The van der Waals surface area contributed by atoms with Crippen LogP contribution in [0, 0.1) is 0 Å². The summed E-state index contributed by atoms with van der Waals surface area (Å²) in [7, 11) is 0. The van der Waals surface area contributed by atoms with E-state index >= 15 is 0 Å². The smallest absolute Gasteiger partial charge is 0.314 e. The third-order valence-corrected chi connectivity index (χ3v) is 3.72. The van der Waals surface area contributed by atoms with E-state index in [0.717, 1.165) is 35.7 Å². The average Bonchev–Trinajstić information content (AvgIpc) is 2.62. The third kappa shape index (κ3) is 1.11. The van der Waals surface area contributed by atoms with Crippen molar-refractivity contribution >= 4 is 16.9 Å². The van der Waals surface area contributed by atoms with Crippen molar-refractivity contribution in [2.75, 3.05) is 0 Å². The van der Waals surface area contributed by atoms with Gasteiger partial charge in [-0.15, -0.1) is 0 Å². The van der Waals surface area contributed by atoms with Crippen LogP contribution in [0.2, 0.25) is 0 Å². The molecule has 0 atom stereocenters. The van der Waals surface area contributed by atoms with Gasteiger partial charge >= 0.3 is 5.97 Å². The molecule has 3 heteroatoms. The zero-order valence-corrected chi connectivity index (χ0v) is 8.86. The number of rotatable bonds is 2. The van der Waals surface area contributed by atoms with Crippen molar-refractivity contribution in [3.63, 3.8) is 0 Å². The minimum absolute atomic E-state index is 0.620. The predicted molar refractivity (Wildman–Crippen MR) is 61.5 cm³/mol. The van der Waals surface area contributed by atoms with Crippen LogP contribution in [0.5, 0.6) is 0 Å². The fourth-order valence-electron chi connectivity index (χ4n) is 2.51. The second kappa shape index (κ2) is 3.11. The highest BCUT2D eigenvalue weighted by Gasteiger charge is 2.45. The number of hydrogen-bond acceptors (Lipinski definition) is 1. The second-order valence-electron chi connectivity index (χ2n) is 4.52. The number of aromatic nitrogens is 1. The van der Waals surface area contributed by atoms with E-state index in [9.17, 15) is 9.90 Å². The van der Waals surface area contributed by atoms with Crippen LogP contribution < -0.4 is 0 Å². The Labute approximate surface area is 93.1 Å². The van der Waals surface area contributed by atoms with Crippen LogP contribution in [0.3, 0.4) is 0 Å². The van der Waals surface area contributed by atoms with Gasteiger partial charge < -0.3 is 10.1 Å². The van der Waals surface area contributed by atoms with Gasteiger partial charge in [-0.1, -0.05) is 12.5 Å². The van der Waals surface area contributed by atoms with Crippen molar-refractivity contribution in [3.05, 3.63) is 36.0 Å². The van der Waals surface area contributed by atoms with Crippen molar-refractivity contribution in [2.24, 2.45) is 0 Å². The van der Waals surface area contributed by atoms with Crippen molar-refractivity contribution in [1.82, 2.24) is 4.98 Å². The molecule has 2 N–H and O–H groups in total. The summed E-state index contributed by atoms with van der Waals surface area (Å²) in [6.07, 6.45) is 4.41. The zero-order valence-electron chi connectivity index (χ0n) is 8.86. The number of carbonyl (C=O) groups is 1. The highest BCUT2D eigenvalue weighted by molar-refractivity contribution is 5.86. The van der Waals surface area contributed by atoms with Crippen molar-refractivity contribution in [3.8, 4) is 0 Å². The Morgan fingerprint density at radius 3 is 2.75 bits per heavy atom. The Kier molecular flexibility index (Phi) is 1.84. The van der Waals surface area contributed by atoms with Gasteiger partial charge in [0.2, 0.25) is 0 Å². The van der Waals surface area contributed by atoms with Gasteiger partial charge in [0.25, 0.3) is 0 Å². The monoisotopic (exact) mass is 215 g/mol. The van der Waals surface area contributed by atoms with Gasteiger partial charge in [0.15, 0.2) is 0 Å². The first-order valence-electron chi connectivity index (χ1n) is 5.53. The molecule has 1 aliphatic rings. The Bertz CT molecular complexity index is 552. The summed E-state index contributed by atoms with van der Waals surface area (Å²) in [5.41, 5.74) is 1.38. The lowest BCUT2D eigenvalue weighted by molar-refractivity contribution is -0.147. The minimum Gasteiger partial charge on any atom is -0.481 e. The normalized spacial score (nSPS) is 18.2. The maximum atomic E-state index is 11.4. The summed E-state index contributed by atoms with van der Waals surface area (Å²) in [5, 5.41) is 10.4. The molecule has 2 aromatic rings. The number of hydrogen-bond donors (Lipinski definition) is 2. The molecule has 1 fully saturated rings. The summed E-state index contributed by atoms with van der Waals surface area (Å²) in [6.45, 7) is 0. The van der Waals surface area contributed by atoms with E-state index in [4.69, 9.17) is 0 Å². The molecule has 1 aliphatic carbocycles. The quantitative estimate of drug-likeness (QED) is 0.809.